The van der Waals surface area contributed by atoms with Gasteiger partial charge in [-0.05, 0) is 37.3 Å². The van der Waals surface area contributed by atoms with Crippen LogP contribution in [0.25, 0.3) is 22.1 Å². The first-order valence-electron chi connectivity index (χ1n) is 11.3. The number of thioether (sulfide) groups is 1. The molecule has 0 radical (unpaired) electrons. The summed E-state index contributed by atoms with van der Waals surface area (Å²) in [5.74, 6) is 1.51. The molecule has 34 heavy (non-hydrogen) atoms. The zero-order valence-corrected chi connectivity index (χ0v) is 20.7. The summed E-state index contributed by atoms with van der Waals surface area (Å²) < 4.78 is 37.3. The van der Waals surface area contributed by atoms with Crippen molar-refractivity contribution in [3.8, 4) is 0 Å². The Morgan fingerprint density at radius 2 is 1.82 bits per heavy atom. The molecule has 2 aromatic heterocycles. The van der Waals surface area contributed by atoms with Crippen molar-refractivity contribution in [2.24, 2.45) is 0 Å². The minimum absolute atomic E-state index is 0.273. The van der Waals surface area contributed by atoms with Crippen molar-refractivity contribution < 1.29 is 13.2 Å². The van der Waals surface area contributed by atoms with Gasteiger partial charge >= 0.3 is 0 Å². The molecule has 10 heteroatoms. The van der Waals surface area contributed by atoms with Crippen LogP contribution in [0.5, 0.6) is 0 Å². The zero-order chi connectivity index (χ0) is 23.7. The van der Waals surface area contributed by atoms with Gasteiger partial charge in [0.1, 0.15) is 5.82 Å². The second-order valence-electron chi connectivity index (χ2n) is 8.01. The third kappa shape index (κ3) is 4.15. The van der Waals surface area contributed by atoms with E-state index in [4.69, 9.17) is 14.7 Å². The van der Waals surface area contributed by atoms with E-state index in [1.54, 1.807) is 23.9 Å². The van der Waals surface area contributed by atoms with E-state index in [0.717, 1.165) is 34.1 Å². The number of rotatable bonds is 8. The molecule has 5 rings (SSSR count). The molecular formula is C24H27N5O3S2. The molecule has 1 fully saturated rings. The van der Waals surface area contributed by atoms with Crippen LogP contribution in [-0.2, 0) is 33.6 Å². The molecule has 1 aliphatic heterocycles. The lowest BCUT2D eigenvalue weighted by Gasteiger charge is -2.26. The Morgan fingerprint density at radius 1 is 1.06 bits per heavy atom. The van der Waals surface area contributed by atoms with E-state index in [1.807, 2.05) is 30.3 Å². The van der Waals surface area contributed by atoms with Gasteiger partial charge in [0.25, 0.3) is 0 Å². The van der Waals surface area contributed by atoms with Crippen molar-refractivity contribution in [3.05, 3.63) is 60.9 Å². The van der Waals surface area contributed by atoms with Crippen LogP contribution >= 0.6 is 11.8 Å². The Morgan fingerprint density at radius 3 is 2.59 bits per heavy atom. The van der Waals surface area contributed by atoms with Crippen LogP contribution in [0.15, 0.2) is 65.2 Å². The highest BCUT2D eigenvalue weighted by Gasteiger charge is 2.27. The topological polar surface area (TPSA) is 82.3 Å². The normalized spacial score (nSPS) is 15.3. The van der Waals surface area contributed by atoms with Gasteiger partial charge in [0.05, 0.1) is 45.9 Å². The SMILES string of the molecule is C=CCn1c(SCc2nc3cc(S(=O)(=O)N4CCOCC4)ccc3n2CC)nc2ccccc21. The summed E-state index contributed by atoms with van der Waals surface area (Å²) in [5, 5.41) is 0.909. The summed E-state index contributed by atoms with van der Waals surface area (Å²) in [6.07, 6.45) is 1.87. The van der Waals surface area contributed by atoms with Crippen LogP contribution in [0.4, 0.5) is 0 Å². The van der Waals surface area contributed by atoms with Gasteiger partial charge in [-0.3, -0.25) is 0 Å². The molecule has 8 nitrogen and oxygen atoms in total. The van der Waals surface area contributed by atoms with Crippen LogP contribution in [0, 0.1) is 0 Å². The van der Waals surface area contributed by atoms with Crippen molar-refractivity contribution in [1.29, 1.82) is 0 Å². The van der Waals surface area contributed by atoms with Crippen molar-refractivity contribution in [2.75, 3.05) is 26.3 Å². The van der Waals surface area contributed by atoms with Crippen molar-refractivity contribution in [2.45, 2.75) is 35.8 Å². The molecule has 0 aliphatic carbocycles. The summed E-state index contributed by atoms with van der Waals surface area (Å²) in [4.78, 5) is 9.90. The molecule has 0 atom stereocenters. The number of hydrogen-bond donors (Lipinski definition) is 0. The minimum atomic E-state index is -3.57. The van der Waals surface area contributed by atoms with E-state index >= 15 is 0 Å². The third-order valence-electron chi connectivity index (χ3n) is 5.98. The molecular weight excluding hydrogens is 470 g/mol. The molecule has 0 spiro atoms. The lowest BCUT2D eigenvalue weighted by molar-refractivity contribution is 0.0730. The van der Waals surface area contributed by atoms with Crippen LogP contribution < -0.4 is 0 Å². The Balaban J connectivity index is 1.46. The Labute approximate surface area is 203 Å². The van der Waals surface area contributed by atoms with Crippen LogP contribution in [0.3, 0.4) is 0 Å². The first-order valence-corrected chi connectivity index (χ1v) is 13.7. The molecule has 0 saturated carbocycles. The van der Waals surface area contributed by atoms with E-state index in [1.165, 1.54) is 4.31 Å². The maximum Gasteiger partial charge on any atom is 0.243 e. The Kier molecular flexibility index (Phi) is 6.48. The molecule has 4 aromatic rings. The number of fused-ring (bicyclic) bond motifs is 2. The predicted molar refractivity (Wildman–Crippen MR) is 134 cm³/mol. The largest absolute Gasteiger partial charge is 0.379 e. The number of sulfonamides is 1. The van der Waals surface area contributed by atoms with Crippen LogP contribution in [0.1, 0.15) is 12.7 Å². The zero-order valence-electron chi connectivity index (χ0n) is 19.1. The van der Waals surface area contributed by atoms with Crippen molar-refractivity contribution >= 4 is 43.9 Å². The third-order valence-corrected chi connectivity index (χ3v) is 8.85. The fourth-order valence-corrected chi connectivity index (χ4v) is 6.72. The summed E-state index contributed by atoms with van der Waals surface area (Å²) in [6, 6.07) is 13.3. The molecule has 0 bridgehead atoms. The number of benzene rings is 2. The number of nitrogens with zero attached hydrogens (tertiary/aromatic N) is 5. The molecule has 2 aromatic carbocycles. The smallest absolute Gasteiger partial charge is 0.243 e. The number of morpholine rings is 1. The minimum Gasteiger partial charge on any atom is -0.379 e. The van der Waals surface area contributed by atoms with Gasteiger partial charge in [0, 0.05) is 26.2 Å². The number of allylic oxidation sites excluding steroid dienone is 1. The molecule has 3 heterocycles. The van der Waals surface area contributed by atoms with E-state index in [-0.39, 0.29) is 4.90 Å². The monoisotopic (exact) mass is 497 g/mol. The van der Waals surface area contributed by atoms with Gasteiger partial charge in [-0.1, -0.05) is 30.0 Å². The summed E-state index contributed by atoms with van der Waals surface area (Å²) in [5.41, 5.74) is 3.64. The van der Waals surface area contributed by atoms with Gasteiger partial charge in [-0.15, -0.1) is 6.58 Å². The molecule has 0 unspecified atom stereocenters. The average Bonchev–Trinajstić information content (AvgIpc) is 3.40. The van der Waals surface area contributed by atoms with Gasteiger partial charge in [-0.25, -0.2) is 18.4 Å². The van der Waals surface area contributed by atoms with Crippen molar-refractivity contribution in [3.63, 3.8) is 0 Å². The van der Waals surface area contributed by atoms with Crippen LogP contribution in [0.2, 0.25) is 0 Å². The standard InChI is InChI=1S/C24H27N5O3S2/c1-3-11-29-21-8-6-5-7-19(21)26-24(29)33-17-23-25-20-16-18(9-10-22(20)28(23)4-2)34(30,31)27-12-14-32-15-13-27/h3,5-10,16H,1,4,11-15,17H2,2H3. The van der Waals surface area contributed by atoms with Gasteiger partial charge in [0.15, 0.2) is 5.16 Å². The number of hydrogen-bond acceptors (Lipinski definition) is 6. The highest BCUT2D eigenvalue weighted by Crippen LogP contribution is 2.29. The Hall–Kier alpha value is -2.66. The molecule has 1 aliphatic rings. The quantitative estimate of drug-likeness (QED) is 0.271. The maximum atomic E-state index is 13.1. The molecule has 0 N–H and O–H groups in total. The van der Waals surface area contributed by atoms with Gasteiger partial charge in [-0.2, -0.15) is 4.31 Å². The van der Waals surface area contributed by atoms with Crippen molar-refractivity contribution in [1.82, 2.24) is 23.4 Å². The number of aryl methyl sites for hydroxylation is 1. The van der Waals surface area contributed by atoms with E-state index in [9.17, 15) is 8.42 Å². The van der Waals surface area contributed by atoms with Gasteiger partial charge < -0.3 is 13.9 Å². The van der Waals surface area contributed by atoms with E-state index in [0.29, 0.717) is 44.1 Å². The highest BCUT2D eigenvalue weighted by molar-refractivity contribution is 7.98. The summed E-state index contributed by atoms with van der Waals surface area (Å²) in [6.45, 7) is 8.96. The van der Waals surface area contributed by atoms with Gasteiger partial charge in [0.2, 0.25) is 10.0 Å². The van der Waals surface area contributed by atoms with E-state index < -0.39 is 10.0 Å². The molecule has 178 valence electrons. The second kappa shape index (κ2) is 9.53. The number of imidazole rings is 2. The summed E-state index contributed by atoms with van der Waals surface area (Å²) in [7, 11) is -3.57. The molecule has 0 amide bonds. The molecule has 1 saturated heterocycles. The second-order valence-corrected chi connectivity index (χ2v) is 10.9. The van der Waals surface area contributed by atoms with E-state index in [2.05, 4.69) is 28.7 Å². The fraction of sp³-hybridized carbons (Fsp3) is 0.333. The lowest BCUT2D eigenvalue weighted by Crippen LogP contribution is -2.40. The number of para-hydroxylation sites is 2. The maximum absolute atomic E-state index is 13.1. The van der Waals surface area contributed by atoms with Crippen LogP contribution in [-0.4, -0.2) is 58.1 Å². The summed E-state index contributed by atoms with van der Waals surface area (Å²) >= 11 is 1.62. The number of ether oxygens (including phenoxy) is 1. The lowest BCUT2D eigenvalue weighted by atomic mass is 10.3. The number of aromatic nitrogens is 4. The Bertz CT molecular complexity index is 1450. The predicted octanol–water partition coefficient (Wildman–Crippen LogP) is 3.91. The first-order chi connectivity index (χ1) is 16.5. The highest BCUT2D eigenvalue weighted by atomic mass is 32.2. The average molecular weight is 498 g/mol. The fourth-order valence-electron chi connectivity index (χ4n) is 4.32. The first kappa shape index (κ1) is 23.1.